The molecular weight excluding hydrogens is 322 g/mol. The molecule has 0 aliphatic carbocycles. The minimum absolute atomic E-state index is 0.0443. The van der Waals surface area contributed by atoms with Gasteiger partial charge in [0.1, 0.15) is 5.41 Å². The molecule has 2 saturated heterocycles. The van der Waals surface area contributed by atoms with E-state index in [1.165, 1.54) is 4.90 Å². The zero-order valence-corrected chi connectivity index (χ0v) is 14.8. The summed E-state index contributed by atoms with van der Waals surface area (Å²) < 4.78 is 1.81. The third-order valence-electron chi connectivity index (χ3n) is 5.17. The van der Waals surface area contributed by atoms with Crippen LogP contribution in [0.3, 0.4) is 0 Å². The summed E-state index contributed by atoms with van der Waals surface area (Å²) in [7, 11) is 3.38. The molecule has 0 aromatic carbocycles. The van der Waals surface area contributed by atoms with Crippen LogP contribution >= 0.6 is 0 Å². The lowest BCUT2D eigenvalue weighted by atomic mass is 9.81. The number of nitrogens with zero attached hydrogens (tertiary/aromatic N) is 5. The third-order valence-corrected chi connectivity index (χ3v) is 5.17. The van der Waals surface area contributed by atoms with Crippen molar-refractivity contribution in [3.05, 3.63) is 30.6 Å². The highest BCUT2D eigenvalue weighted by atomic mass is 16.4. The number of carboxylic acid groups (broad SMARTS) is 1. The molecule has 0 unspecified atom stereocenters. The number of amides is 2. The van der Waals surface area contributed by atoms with Gasteiger partial charge in [0.2, 0.25) is 0 Å². The second-order valence-electron chi connectivity index (χ2n) is 7.24. The van der Waals surface area contributed by atoms with Crippen molar-refractivity contribution in [3.8, 4) is 0 Å². The number of fused-ring (bicyclic) bond motifs is 1. The van der Waals surface area contributed by atoms with E-state index in [1.807, 2.05) is 17.1 Å². The summed E-state index contributed by atoms with van der Waals surface area (Å²) in [6, 6.07) is -0.118. The van der Waals surface area contributed by atoms with E-state index < -0.39 is 11.4 Å². The molecule has 8 heteroatoms. The van der Waals surface area contributed by atoms with Gasteiger partial charge in [-0.1, -0.05) is 6.08 Å². The molecule has 3 heterocycles. The number of urea groups is 1. The number of hydrogen-bond donors (Lipinski definition) is 1. The first kappa shape index (κ1) is 17.5. The van der Waals surface area contributed by atoms with E-state index in [9.17, 15) is 14.7 Å². The van der Waals surface area contributed by atoms with E-state index in [4.69, 9.17) is 0 Å². The number of carboxylic acids is 1. The number of carbonyl (C=O) groups excluding carboxylic acids is 1. The zero-order valence-electron chi connectivity index (χ0n) is 14.8. The molecule has 2 aliphatic rings. The van der Waals surface area contributed by atoms with Gasteiger partial charge < -0.3 is 14.9 Å². The zero-order chi connectivity index (χ0) is 18.2. The molecule has 1 aromatic rings. The van der Waals surface area contributed by atoms with Gasteiger partial charge in [0.25, 0.3) is 0 Å². The summed E-state index contributed by atoms with van der Waals surface area (Å²) in [6.07, 6.45) is 5.56. The van der Waals surface area contributed by atoms with Gasteiger partial charge in [0, 0.05) is 64.5 Å². The molecule has 0 saturated carbocycles. The van der Waals surface area contributed by atoms with Gasteiger partial charge in [0.15, 0.2) is 0 Å². The molecule has 1 N–H and O–H groups in total. The maximum absolute atomic E-state index is 12.2. The standard InChI is InChI=1S/C17H25N5O3/c1-4-5-22-8-13(6-18-22)7-20-9-14-10-21(16(25)19(2)3)12-17(14,11-20)15(23)24/h4,6,8,14H,1,5,7,9-12H2,2-3H3,(H,23,24)/t14-,17-/m0/s1. The highest BCUT2D eigenvalue weighted by Gasteiger charge is 2.58. The van der Waals surface area contributed by atoms with Crippen molar-refractivity contribution < 1.29 is 14.7 Å². The average Bonchev–Trinajstić information content (AvgIpc) is 3.20. The molecule has 0 radical (unpaired) electrons. The van der Waals surface area contributed by atoms with Gasteiger partial charge >= 0.3 is 12.0 Å². The third kappa shape index (κ3) is 3.13. The van der Waals surface area contributed by atoms with Crippen molar-refractivity contribution in [1.82, 2.24) is 24.5 Å². The second-order valence-corrected chi connectivity index (χ2v) is 7.24. The largest absolute Gasteiger partial charge is 0.481 e. The number of likely N-dealkylation sites (tertiary alicyclic amines) is 2. The van der Waals surface area contributed by atoms with Crippen LogP contribution in [-0.2, 0) is 17.9 Å². The Morgan fingerprint density at radius 1 is 1.44 bits per heavy atom. The first-order valence-corrected chi connectivity index (χ1v) is 8.40. The Kier molecular flexibility index (Phi) is 4.55. The van der Waals surface area contributed by atoms with Crippen LogP contribution in [0.25, 0.3) is 0 Å². The molecule has 2 fully saturated rings. The SMILES string of the molecule is C=CCn1cc(CN2C[C@H]3CN(C(=O)N(C)C)C[C@@]3(C(=O)O)C2)cn1. The van der Waals surface area contributed by atoms with Gasteiger partial charge in [0.05, 0.1) is 12.7 Å². The maximum Gasteiger partial charge on any atom is 0.319 e. The van der Waals surface area contributed by atoms with Gasteiger partial charge in [-0.15, -0.1) is 6.58 Å². The highest BCUT2D eigenvalue weighted by molar-refractivity contribution is 5.80. The van der Waals surface area contributed by atoms with Crippen LogP contribution in [0.4, 0.5) is 4.79 Å². The first-order valence-electron chi connectivity index (χ1n) is 8.40. The fraction of sp³-hybridized carbons (Fsp3) is 0.588. The summed E-state index contributed by atoms with van der Waals surface area (Å²) in [5, 5.41) is 14.1. The molecule has 0 bridgehead atoms. The van der Waals surface area contributed by atoms with Crippen molar-refractivity contribution in [2.75, 3.05) is 40.3 Å². The number of aliphatic carboxylic acids is 1. The van der Waals surface area contributed by atoms with Crippen molar-refractivity contribution in [2.24, 2.45) is 11.3 Å². The van der Waals surface area contributed by atoms with Crippen molar-refractivity contribution in [3.63, 3.8) is 0 Å². The van der Waals surface area contributed by atoms with E-state index in [0.717, 1.165) is 5.56 Å². The first-order chi connectivity index (χ1) is 11.9. The Balaban J connectivity index is 1.70. The molecule has 136 valence electrons. The average molecular weight is 347 g/mol. The maximum atomic E-state index is 12.2. The van der Waals surface area contributed by atoms with Gasteiger partial charge in [-0.25, -0.2) is 4.79 Å². The molecule has 8 nitrogen and oxygen atoms in total. The number of hydrogen-bond acceptors (Lipinski definition) is 4. The number of carbonyl (C=O) groups is 2. The number of rotatable bonds is 5. The minimum atomic E-state index is -0.872. The fourth-order valence-electron chi connectivity index (χ4n) is 4.00. The van der Waals surface area contributed by atoms with Gasteiger partial charge in [-0.3, -0.25) is 14.4 Å². The summed E-state index contributed by atoms with van der Waals surface area (Å²) in [6.45, 7) is 6.93. The summed E-state index contributed by atoms with van der Waals surface area (Å²) in [5.41, 5.74) is 0.187. The van der Waals surface area contributed by atoms with E-state index in [2.05, 4.69) is 16.6 Å². The predicted molar refractivity (Wildman–Crippen MR) is 91.9 cm³/mol. The molecular formula is C17H25N5O3. The lowest BCUT2D eigenvalue weighted by Crippen LogP contribution is -2.44. The number of allylic oxidation sites excluding steroid dienone is 1. The van der Waals surface area contributed by atoms with Crippen LogP contribution in [-0.4, -0.2) is 81.9 Å². The van der Waals surface area contributed by atoms with Crippen LogP contribution < -0.4 is 0 Å². The summed E-state index contributed by atoms with van der Waals surface area (Å²) in [5.74, 6) is -0.853. The van der Waals surface area contributed by atoms with Crippen LogP contribution in [0.1, 0.15) is 5.56 Å². The Labute approximate surface area is 147 Å². The smallest absolute Gasteiger partial charge is 0.319 e. The van der Waals surface area contributed by atoms with Crippen molar-refractivity contribution in [1.29, 1.82) is 0 Å². The molecule has 3 rings (SSSR count). The lowest BCUT2D eigenvalue weighted by Gasteiger charge is -2.26. The number of aromatic nitrogens is 2. The lowest BCUT2D eigenvalue weighted by molar-refractivity contribution is -0.148. The molecule has 2 atom stereocenters. The van der Waals surface area contributed by atoms with Crippen LogP contribution in [0.5, 0.6) is 0 Å². The van der Waals surface area contributed by atoms with E-state index in [1.54, 1.807) is 25.1 Å². The monoisotopic (exact) mass is 347 g/mol. The van der Waals surface area contributed by atoms with Crippen LogP contribution in [0.2, 0.25) is 0 Å². The molecule has 0 spiro atoms. The van der Waals surface area contributed by atoms with Crippen molar-refractivity contribution >= 4 is 12.0 Å². The van der Waals surface area contributed by atoms with Crippen molar-refractivity contribution in [2.45, 2.75) is 13.1 Å². The Morgan fingerprint density at radius 3 is 2.80 bits per heavy atom. The predicted octanol–water partition coefficient (Wildman–Crippen LogP) is 0.569. The summed E-state index contributed by atoms with van der Waals surface area (Å²) in [4.78, 5) is 29.6. The molecule has 2 amide bonds. The van der Waals surface area contributed by atoms with E-state index in [-0.39, 0.29) is 18.5 Å². The Hall–Kier alpha value is -2.35. The normalized spacial score (nSPS) is 25.8. The fourth-order valence-corrected chi connectivity index (χ4v) is 4.00. The summed E-state index contributed by atoms with van der Waals surface area (Å²) >= 11 is 0. The van der Waals surface area contributed by atoms with E-state index in [0.29, 0.717) is 32.7 Å². The minimum Gasteiger partial charge on any atom is -0.481 e. The molecule has 1 aromatic heterocycles. The molecule has 25 heavy (non-hydrogen) atoms. The van der Waals surface area contributed by atoms with Crippen LogP contribution in [0.15, 0.2) is 25.0 Å². The quantitative estimate of drug-likeness (QED) is 0.788. The Bertz CT molecular complexity index is 686. The highest BCUT2D eigenvalue weighted by Crippen LogP contribution is 2.43. The topological polar surface area (TPSA) is 81.9 Å². The Morgan fingerprint density at radius 2 is 2.20 bits per heavy atom. The van der Waals surface area contributed by atoms with Gasteiger partial charge in [-0.05, 0) is 0 Å². The molecule has 2 aliphatic heterocycles. The second kappa shape index (κ2) is 6.51. The van der Waals surface area contributed by atoms with Gasteiger partial charge in [-0.2, -0.15) is 5.10 Å². The van der Waals surface area contributed by atoms with Crippen LogP contribution in [0, 0.1) is 11.3 Å². The van der Waals surface area contributed by atoms with E-state index >= 15 is 0 Å².